The normalized spacial score (nSPS) is 11.7. The van der Waals surface area contributed by atoms with Crippen LogP contribution in [-0.2, 0) is 19.8 Å². The molecule has 3 aromatic rings. The van der Waals surface area contributed by atoms with E-state index in [1.54, 1.807) is 24.4 Å². The largest absolute Gasteiger partial charge is 0.434 e. The number of amides is 1. The Kier molecular flexibility index (Phi) is 5.74. The monoisotopic (exact) mass is 495 g/mol. The van der Waals surface area contributed by atoms with Gasteiger partial charge in [0.05, 0.1) is 11.0 Å². The quantitative estimate of drug-likeness (QED) is 0.552. The van der Waals surface area contributed by atoms with E-state index < -0.39 is 27.9 Å². The number of halogens is 6. The highest BCUT2D eigenvalue weighted by atomic mass is 79.9. The van der Waals surface area contributed by atoms with E-state index in [1.807, 2.05) is 0 Å². The minimum absolute atomic E-state index is 0.138. The van der Waals surface area contributed by atoms with Gasteiger partial charge in [-0.1, -0.05) is 29.3 Å². The molecule has 28 heavy (non-hydrogen) atoms. The van der Waals surface area contributed by atoms with Gasteiger partial charge in [0.15, 0.2) is 17.2 Å². The van der Waals surface area contributed by atoms with Crippen LogP contribution >= 0.6 is 39.1 Å². The van der Waals surface area contributed by atoms with E-state index in [2.05, 4.69) is 31.4 Å². The average molecular weight is 497 g/mol. The minimum Gasteiger partial charge on any atom is -0.304 e. The molecule has 0 aliphatic heterocycles. The summed E-state index contributed by atoms with van der Waals surface area (Å²) in [5, 5.41) is 11.1. The third-order valence-corrected chi connectivity index (χ3v) is 5.20. The van der Waals surface area contributed by atoms with Crippen molar-refractivity contribution in [3.05, 3.63) is 61.9 Å². The lowest BCUT2D eigenvalue weighted by atomic mass is 10.2. The number of anilines is 1. The number of carbonyl (C=O) groups is 1. The molecule has 2 heterocycles. The summed E-state index contributed by atoms with van der Waals surface area (Å²) in [6.45, 7) is 0.250. The lowest BCUT2D eigenvalue weighted by Gasteiger charge is -2.07. The summed E-state index contributed by atoms with van der Waals surface area (Å²) in [7, 11) is 1.10. The van der Waals surface area contributed by atoms with Crippen LogP contribution in [0.4, 0.5) is 19.0 Å². The number of nitrogens with one attached hydrogen (secondary N) is 1. The van der Waals surface area contributed by atoms with Crippen molar-refractivity contribution >= 4 is 50.9 Å². The Morgan fingerprint density at radius 1 is 1.21 bits per heavy atom. The van der Waals surface area contributed by atoms with Crippen molar-refractivity contribution in [1.29, 1.82) is 0 Å². The molecule has 0 aliphatic rings. The van der Waals surface area contributed by atoms with Crippen molar-refractivity contribution in [3.8, 4) is 0 Å². The van der Waals surface area contributed by atoms with Gasteiger partial charge in [0, 0.05) is 34.9 Å². The van der Waals surface area contributed by atoms with E-state index in [4.69, 9.17) is 23.2 Å². The van der Waals surface area contributed by atoms with E-state index in [0.717, 1.165) is 7.05 Å². The van der Waals surface area contributed by atoms with Crippen molar-refractivity contribution < 1.29 is 18.0 Å². The molecular weight excluding hydrogens is 486 g/mol. The van der Waals surface area contributed by atoms with Gasteiger partial charge in [-0.15, -0.1) is 0 Å². The van der Waals surface area contributed by atoms with Gasteiger partial charge in [-0.25, -0.2) is 0 Å². The van der Waals surface area contributed by atoms with Crippen LogP contribution in [0, 0.1) is 0 Å². The molecule has 0 unspecified atom stereocenters. The van der Waals surface area contributed by atoms with Gasteiger partial charge in [0.1, 0.15) is 0 Å². The maximum Gasteiger partial charge on any atom is 0.434 e. The number of aromatic nitrogens is 4. The smallest absolute Gasteiger partial charge is 0.304 e. The fourth-order valence-corrected chi connectivity index (χ4v) is 3.75. The number of benzene rings is 1. The molecule has 12 heteroatoms. The predicted octanol–water partition coefficient (Wildman–Crippen LogP) is 5.01. The number of aryl methyl sites for hydroxylation is 1. The maximum absolute atomic E-state index is 13.0. The summed E-state index contributed by atoms with van der Waals surface area (Å²) < 4.78 is 40.7. The summed E-state index contributed by atoms with van der Waals surface area (Å²) in [6, 6.07) is 6.57. The Hall–Kier alpha value is -2.04. The van der Waals surface area contributed by atoms with Gasteiger partial charge < -0.3 is 5.32 Å². The molecule has 0 saturated heterocycles. The van der Waals surface area contributed by atoms with Gasteiger partial charge in [0.25, 0.3) is 5.91 Å². The van der Waals surface area contributed by atoms with E-state index >= 15 is 0 Å². The third kappa shape index (κ3) is 4.18. The first kappa shape index (κ1) is 20.7. The van der Waals surface area contributed by atoms with Gasteiger partial charge >= 0.3 is 6.18 Å². The lowest BCUT2D eigenvalue weighted by Crippen LogP contribution is -2.14. The summed E-state index contributed by atoms with van der Waals surface area (Å²) in [5.74, 6) is -0.696. The van der Waals surface area contributed by atoms with E-state index in [1.165, 1.54) is 10.7 Å². The molecule has 2 aromatic heterocycles. The Morgan fingerprint density at radius 3 is 2.43 bits per heavy atom. The van der Waals surface area contributed by atoms with Crippen molar-refractivity contribution in [2.75, 3.05) is 5.32 Å². The molecule has 148 valence electrons. The molecule has 0 bridgehead atoms. The number of nitrogens with zero attached hydrogens (tertiary/aromatic N) is 4. The first-order valence-corrected chi connectivity index (χ1v) is 9.20. The Labute approximate surface area is 175 Å². The zero-order valence-electron chi connectivity index (χ0n) is 14.1. The van der Waals surface area contributed by atoms with E-state index in [-0.39, 0.29) is 12.4 Å². The molecule has 1 aromatic carbocycles. The van der Waals surface area contributed by atoms with Crippen LogP contribution in [0.5, 0.6) is 0 Å². The first-order valence-electron chi connectivity index (χ1n) is 7.65. The molecule has 1 N–H and O–H groups in total. The Balaban J connectivity index is 1.78. The van der Waals surface area contributed by atoms with E-state index in [9.17, 15) is 18.0 Å². The number of hydrogen-bond acceptors (Lipinski definition) is 3. The van der Waals surface area contributed by atoms with Crippen molar-refractivity contribution in [1.82, 2.24) is 19.6 Å². The summed E-state index contributed by atoms with van der Waals surface area (Å²) in [6.07, 6.45) is -3.08. The van der Waals surface area contributed by atoms with Crippen LogP contribution < -0.4 is 5.32 Å². The molecular formula is C16H11BrCl2F3N5O. The molecule has 6 nitrogen and oxygen atoms in total. The first-order chi connectivity index (χ1) is 13.1. The van der Waals surface area contributed by atoms with Crippen LogP contribution in [0.3, 0.4) is 0 Å². The number of alkyl halides is 3. The number of hydrogen-bond donors (Lipinski definition) is 1. The second-order valence-electron chi connectivity index (χ2n) is 5.69. The van der Waals surface area contributed by atoms with Crippen molar-refractivity contribution in [2.24, 2.45) is 7.05 Å². The highest BCUT2D eigenvalue weighted by Crippen LogP contribution is 2.36. The molecule has 0 spiro atoms. The van der Waals surface area contributed by atoms with Gasteiger partial charge in [0.2, 0.25) is 0 Å². The molecule has 0 aliphatic carbocycles. The Bertz CT molecular complexity index is 1030. The van der Waals surface area contributed by atoms with Crippen molar-refractivity contribution in [2.45, 2.75) is 12.7 Å². The summed E-state index contributed by atoms with van der Waals surface area (Å²) in [4.78, 5) is 12.3. The standard InChI is InChI=1S/C16H11BrCl2F3N5O/c1-26-14(16(20,21)22)12(17)13(25-26)15(28)23-11-5-6-27(24-11)7-8-9(18)3-2-4-10(8)19/h2-6H,7H2,1H3,(H,23,24,28). The third-order valence-electron chi connectivity index (χ3n) is 3.74. The molecule has 0 saturated carbocycles. The maximum atomic E-state index is 13.0. The highest BCUT2D eigenvalue weighted by molar-refractivity contribution is 9.10. The molecule has 0 radical (unpaired) electrons. The summed E-state index contributed by atoms with van der Waals surface area (Å²) in [5.41, 5.74) is -0.816. The highest BCUT2D eigenvalue weighted by Gasteiger charge is 2.39. The SMILES string of the molecule is Cn1nc(C(=O)Nc2ccn(Cc3c(Cl)cccc3Cl)n2)c(Br)c1C(F)(F)F. The van der Waals surface area contributed by atoms with Crippen LogP contribution in [-0.4, -0.2) is 25.5 Å². The number of rotatable bonds is 4. The second kappa shape index (κ2) is 7.76. The fraction of sp³-hybridized carbons (Fsp3) is 0.188. The average Bonchev–Trinajstić information content (AvgIpc) is 3.14. The molecule has 1 amide bonds. The van der Waals surface area contributed by atoms with Crippen LogP contribution in [0.25, 0.3) is 0 Å². The summed E-state index contributed by atoms with van der Waals surface area (Å²) >= 11 is 15.0. The second-order valence-corrected chi connectivity index (χ2v) is 7.29. The van der Waals surface area contributed by atoms with Gasteiger partial charge in [-0.3, -0.25) is 14.2 Å². The molecule has 0 atom stereocenters. The van der Waals surface area contributed by atoms with Crippen LogP contribution in [0.15, 0.2) is 34.9 Å². The zero-order chi connectivity index (χ0) is 20.6. The van der Waals surface area contributed by atoms with Gasteiger partial charge in [-0.05, 0) is 28.1 Å². The zero-order valence-corrected chi connectivity index (χ0v) is 17.2. The molecule has 0 fully saturated rings. The minimum atomic E-state index is -4.66. The topological polar surface area (TPSA) is 64.7 Å². The lowest BCUT2D eigenvalue weighted by molar-refractivity contribution is -0.144. The predicted molar refractivity (Wildman–Crippen MR) is 102 cm³/mol. The van der Waals surface area contributed by atoms with Gasteiger partial charge in [-0.2, -0.15) is 23.4 Å². The number of carbonyl (C=O) groups excluding carboxylic acids is 1. The van der Waals surface area contributed by atoms with Crippen LogP contribution in [0.2, 0.25) is 10.0 Å². The molecule has 3 rings (SSSR count). The fourth-order valence-electron chi connectivity index (χ4n) is 2.49. The Morgan fingerprint density at radius 2 is 1.86 bits per heavy atom. The van der Waals surface area contributed by atoms with E-state index in [0.29, 0.717) is 20.3 Å². The van der Waals surface area contributed by atoms with Crippen LogP contribution in [0.1, 0.15) is 21.7 Å². The van der Waals surface area contributed by atoms with Crippen molar-refractivity contribution in [3.63, 3.8) is 0 Å².